The topological polar surface area (TPSA) is 20.2 Å². The first-order chi connectivity index (χ1) is 8.09. The van der Waals surface area contributed by atoms with E-state index < -0.39 is 0 Å². The first kappa shape index (κ1) is 14.5. The third-order valence-electron chi connectivity index (χ3n) is 3.68. The van der Waals surface area contributed by atoms with Crippen LogP contribution in [0.4, 0.5) is 0 Å². The first-order valence-corrected chi connectivity index (χ1v) is 7.09. The van der Waals surface area contributed by atoms with Crippen LogP contribution >= 0.6 is 0 Å². The third kappa shape index (κ3) is 6.07. The van der Waals surface area contributed by atoms with Crippen molar-refractivity contribution in [1.29, 1.82) is 0 Å². The highest BCUT2D eigenvalue weighted by Crippen LogP contribution is 2.33. The van der Waals surface area contributed by atoms with Gasteiger partial charge in [-0.15, -0.1) is 0 Å². The number of rotatable bonds is 6. The second kappa shape index (κ2) is 7.71. The molecule has 0 aromatic heterocycles. The maximum atomic E-state index is 9.14. The average Bonchev–Trinajstić information content (AvgIpc) is 2.71. The van der Waals surface area contributed by atoms with Gasteiger partial charge in [-0.25, -0.2) is 0 Å². The summed E-state index contributed by atoms with van der Waals surface area (Å²) in [4.78, 5) is 0. The Kier molecular flexibility index (Phi) is 6.57. The molecule has 1 fully saturated rings. The minimum absolute atomic E-state index is 0.131. The summed E-state index contributed by atoms with van der Waals surface area (Å²) in [5.41, 5.74) is 3.20. The zero-order chi connectivity index (χ0) is 12.7. The molecule has 98 valence electrons. The molecule has 0 radical (unpaired) electrons. The highest BCUT2D eigenvalue weighted by atomic mass is 16.3. The van der Waals surface area contributed by atoms with Gasteiger partial charge in [0.05, 0.1) is 6.10 Å². The quantitative estimate of drug-likeness (QED) is 0.527. The lowest BCUT2D eigenvalue weighted by Crippen LogP contribution is -1.97. The lowest BCUT2D eigenvalue weighted by atomic mass is 10.0. The van der Waals surface area contributed by atoms with Gasteiger partial charge >= 0.3 is 0 Å². The fourth-order valence-corrected chi connectivity index (χ4v) is 2.49. The van der Waals surface area contributed by atoms with E-state index in [9.17, 15) is 0 Å². The van der Waals surface area contributed by atoms with Crippen molar-refractivity contribution in [3.8, 4) is 0 Å². The number of hydrogen-bond donors (Lipinski definition) is 1. The van der Waals surface area contributed by atoms with Crippen molar-refractivity contribution >= 4 is 0 Å². The van der Waals surface area contributed by atoms with Crippen LogP contribution in [0.15, 0.2) is 23.3 Å². The molecule has 1 nitrogen and oxygen atoms in total. The number of aliphatic hydroxyl groups excluding tert-OH is 1. The molecule has 0 amide bonds. The molecule has 0 aliphatic heterocycles. The largest absolute Gasteiger partial charge is 0.393 e. The smallest absolute Gasteiger partial charge is 0.0512 e. The minimum atomic E-state index is -0.131. The van der Waals surface area contributed by atoms with Gasteiger partial charge in [0, 0.05) is 0 Å². The Balaban J connectivity index is 2.12. The molecule has 17 heavy (non-hydrogen) atoms. The van der Waals surface area contributed by atoms with E-state index in [4.69, 9.17) is 5.11 Å². The first-order valence-electron chi connectivity index (χ1n) is 7.09. The van der Waals surface area contributed by atoms with E-state index in [0.29, 0.717) is 0 Å². The monoisotopic (exact) mass is 236 g/mol. The second-order valence-corrected chi connectivity index (χ2v) is 5.67. The molecule has 1 aliphatic rings. The highest BCUT2D eigenvalue weighted by molar-refractivity contribution is 5.16. The molecule has 1 rings (SSSR count). The molecule has 1 aliphatic carbocycles. The van der Waals surface area contributed by atoms with Crippen LogP contribution < -0.4 is 0 Å². The van der Waals surface area contributed by atoms with Gasteiger partial charge in [0.15, 0.2) is 0 Å². The van der Waals surface area contributed by atoms with Crippen molar-refractivity contribution in [1.82, 2.24) is 0 Å². The second-order valence-electron chi connectivity index (χ2n) is 5.67. The molecule has 1 N–H and O–H groups in total. The standard InChI is InChI=1S/C16H28O/c1-13(2)16-11-10-15(12-16)9-7-5-4-6-8-14(3)17/h7,9,14-15,17H,4-6,8,10-12H2,1-3H3/b9-7+/t14-,15+/m1/s1. The molecule has 1 heteroatoms. The maximum absolute atomic E-state index is 9.14. The van der Waals surface area contributed by atoms with Crippen LogP contribution in [0.3, 0.4) is 0 Å². The molecule has 0 aromatic carbocycles. The summed E-state index contributed by atoms with van der Waals surface area (Å²) in [6.45, 7) is 6.34. The van der Waals surface area contributed by atoms with Crippen molar-refractivity contribution in [2.75, 3.05) is 0 Å². The number of aliphatic hydroxyl groups is 1. The van der Waals surface area contributed by atoms with E-state index in [2.05, 4.69) is 26.0 Å². The minimum Gasteiger partial charge on any atom is -0.393 e. The zero-order valence-corrected chi connectivity index (χ0v) is 11.7. The summed E-state index contributed by atoms with van der Waals surface area (Å²) in [5.74, 6) is 0.789. The summed E-state index contributed by atoms with van der Waals surface area (Å²) in [6.07, 6.45) is 13.0. The molecule has 0 aromatic rings. The summed E-state index contributed by atoms with van der Waals surface area (Å²) in [6, 6.07) is 0. The van der Waals surface area contributed by atoms with Crippen LogP contribution in [-0.2, 0) is 0 Å². The van der Waals surface area contributed by atoms with E-state index in [-0.39, 0.29) is 6.10 Å². The summed E-state index contributed by atoms with van der Waals surface area (Å²) in [7, 11) is 0. The van der Waals surface area contributed by atoms with E-state index >= 15 is 0 Å². The predicted octanol–water partition coefficient (Wildman–Crippen LogP) is 4.62. The van der Waals surface area contributed by atoms with Gasteiger partial charge in [-0.05, 0) is 65.2 Å². The molecule has 0 spiro atoms. The van der Waals surface area contributed by atoms with Crippen LogP contribution in [0.5, 0.6) is 0 Å². The van der Waals surface area contributed by atoms with Gasteiger partial charge in [-0.3, -0.25) is 0 Å². The van der Waals surface area contributed by atoms with Crippen molar-refractivity contribution in [2.24, 2.45) is 5.92 Å². The normalized spacial score (nSPS) is 22.4. The van der Waals surface area contributed by atoms with Crippen LogP contribution in [0.25, 0.3) is 0 Å². The van der Waals surface area contributed by atoms with Gasteiger partial charge in [0.25, 0.3) is 0 Å². The summed E-state index contributed by atoms with van der Waals surface area (Å²) >= 11 is 0. The van der Waals surface area contributed by atoms with Crippen LogP contribution in [0.1, 0.15) is 65.7 Å². The SMILES string of the molecule is CC(C)=C1CC[C@H](/C=C/CCCC[C@@H](C)O)C1. The molecule has 0 saturated heterocycles. The lowest BCUT2D eigenvalue weighted by molar-refractivity contribution is 0.181. The van der Waals surface area contributed by atoms with Crippen molar-refractivity contribution in [2.45, 2.75) is 71.8 Å². The Morgan fingerprint density at radius 3 is 2.76 bits per heavy atom. The fraction of sp³-hybridized carbons (Fsp3) is 0.750. The van der Waals surface area contributed by atoms with E-state index in [1.807, 2.05) is 6.92 Å². The molecular weight excluding hydrogens is 208 g/mol. The van der Waals surface area contributed by atoms with E-state index in [0.717, 1.165) is 18.8 Å². The Labute approximate surface area is 107 Å². The van der Waals surface area contributed by atoms with Crippen molar-refractivity contribution < 1.29 is 5.11 Å². The Hall–Kier alpha value is -0.560. The van der Waals surface area contributed by atoms with Crippen molar-refractivity contribution in [3.63, 3.8) is 0 Å². The van der Waals surface area contributed by atoms with E-state index in [1.54, 1.807) is 5.57 Å². The fourth-order valence-electron chi connectivity index (χ4n) is 2.49. The lowest BCUT2D eigenvalue weighted by Gasteiger charge is -2.03. The van der Waals surface area contributed by atoms with Gasteiger partial charge in [-0.2, -0.15) is 0 Å². The number of hydrogen-bond acceptors (Lipinski definition) is 1. The Morgan fingerprint density at radius 1 is 1.41 bits per heavy atom. The van der Waals surface area contributed by atoms with E-state index in [1.165, 1.54) is 37.7 Å². The average molecular weight is 236 g/mol. The molecule has 0 bridgehead atoms. The van der Waals surface area contributed by atoms with Crippen LogP contribution in [0, 0.1) is 5.92 Å². The summed E-state index contributed by atoms with van der Waals surface area (Å²) in [5, 5.41) is 9.14. The molecule has 2 atom stereocenters. The molecule has 0 heterocycles. The predicted molar refractivity (Wildman–Crippen MR) is 75.0 cm³/mol. The van der Waals surface area contributed by atoms with Gasteiger partial charge < -0.3 is 5.11 Å². The zero-order valence-electron chi connectivity index (χ0n) is 11.7. The Bertz CT molecular complexity index is 269. The van der Waals surface area contributed by atoms with Crippen LogP contribution in [-0.4, -0.2) is 11.2 Å². The third-order valence-corrected chi connectivity index (χ3v) is 3.68. The molecule has 1 saturated carbocycles. The van der Waals surface area contributed by atoms with Gasteiger partial charge in [-0.1, -0.05) is 29.7 Å². The number of unbranched alkanes of at least 4 members (excludes halogenated alkanes) is 2. The summed E-state index contributed by atoms with van der Waals surface area (Å²) < 4.78 is 0. The maximum Gasteiger partial charge on any atom is 0.0512 e. The van der Waals surface area contributed by atoms with Gasteiger partial charge in [0.1, 0.15) is 0 Å². The van der Waals surface area contributed by atoms with Gasteiger partial charge in [0.2, 0.25) is 0 Å². The number of allylic oxidation sites excluding steroid dienone is 4. The Morgan fingerprint density at radius 2 is 2.18 bits per heavy atom. The molecule has 0 unspecified atom stereocenters. The van der Waals surface area contributed by atoms with Crippen molar-refractivity contribution in [3.05, 3.63) is 23.3 Å². The van der Waals surface area contributed by atoms with Crippen LogP contribution in [0.2, 0.25) is 0 Å². The molecular formula is C16H28O. The highest BCUT2D eigenvalue weighted by Gasteiger charge is 2.17.